The number of aromatic amines is 1. The first-order chi connectivity index (χ1) is 19.9. The third kappa shape index (κ3) is 5.67. The molecule has 14 nitrogen and oxygen atoms in total. The molecule has 1 aliphatic heterocycles. The molecule has 212 valence electrons. The summed E-state index contributed by atoms with van der Waals surface area (Å²) in [6.07, 6.45) is 5.05. The van der Waals surface area contributed by atoms with E-state index >= 15 is 0 Å². The maximum Gasteiger partial charge on any atom is 0.335 e. The Bertz CT molecular complexity index is 1900. The van der Waals surface area contributed by atoms with Gasteiger partial charge in [-0.3, -0.25) is 34.3 Å². The molecule has 0 atom stereocenters. The number of hydrogen-bond acceptors (Lipinski definition) is 8. The first-order valence-electron chi connectivity index (χ1n) is 12.0. The van der Waals surface area contributed by atoms with Crippen LogP contribution in [-0.4, -0.2) is 44.3 Å². The fourth-order valence-corrected chi connectivity index (χ4v) is 3.92. The van der Waals surface area contributed by atoms with Crippen molar-refractivity contribution in [1.82, 2.24) is 14.9 Å². The van der Waals surface area contributed by atoms with Crippen LogP contribution < -0.4 is 32.9 Å². The third-order valence-corrected chi connectivity index (χ3v) is 6.02. The first-order valence-corrected chi connectivity index (χ1v) is 12.0. The smallest absolute Gasteiger partial charge is 0.335 e. The molecule has 3 aromatic rings. The zero-order valence-corrected chi connectivity index (χ0v) is 21.8. The lowest BCUT2D eigenvalue weighted by atomic mass is 10.1. The van der Waals surface area contributed by atoms with Crippen molar-refractivity contribution in [3.63, 3.8) is 0 Å². The van der Waals surface area contributed by atoms with Gasteiger partial charge in [-0.25, -0.2) is 19.1 Å². The number of anilines is 1. The lowest BCUT2D eigenvalue weighted by Gasteiger charge is -2.26. The maximum absolute atomic E-state index is 13.1. The van der Waals surface area contributed by atoms with E-state index in [0.717, 1.165) is 6.08 Å². The summed E-state index contributed by atoms with van der Waals surface area (Å²) in [5.41, 5.74) is 8.49. The third-order valence-electron chi connectivity index (χ3n) is 6.02. The van der Waals surface area contributed by atoms with Crippen LogP contribution in [0.15, 0.2) is 87.5 Å². The summed E-state index contributed by atoms with van der Waals surface area (Å²) in [7, 11) is 0. The molecule has 0 bridgehead atoms. The second-order valence-corrected chi connectivity index (χ2v) is 8.89. The molecular formula is C28H22N6O8. The molecule has 0 unspecified atom stereocenters. The van der Waals surface area contributed by atoms with Crippen molar-refractivity contribution in [1.29, 1.82) is 0 Å². The van der Waals surface area contributed by atoms with Crippen molar-refractivity contribution < 1.29 is 29.1 Å². The molecule has 1 saturated heterocycles. The Morgan fingerprint density at radius 1 is 0.905 bits per heavy atom. The van der Waals surface area contributed by atoms with E-state index in [1.807, 2.05) is 5.32 Å². The minimum atomic E-state index is -1.02. The zero-order chi connectivity index (χ0) is 30.7. The van der Waals surface area contributed by atoms with E-state index in [2.05, 4.69) is 4.98 Å². The Hall–Kier alpha value is -6.31. The van der Waals surface area contributed by atoms with Gasteiger partial charge in [0.1, 0.15) is 11.1 Å². The number of primary amides is 2. The molecule has 42 heavy (non-hydrogen) atoms. The largest absolute Gasteiger partial charge is 0.494 e. The zero-order valence-electron chi connectivity index (χ0n) is 21.8. The fraction of sp³-hybridized carbons (Fsp3) is 0.0357. The first kappa shape index (κ1) is 28.7. The Kier molecular flexibility index (Phi) is 7.81. The van der Waals surface area contributed by atoms with E-state index in [1.165, 1.54) is 66.8 Å². The van der Waals surface area contributed by atoms with Crippen LogP contribution in [0.2, 0.25) is 0 Å². The molecule has 7 N–H and O–H groups in total. The lowest BCUT2D eigenvalue weighted by Crippen LogP contribution is -2.54. The number of allylic oxidation sites excluding steroid dienone is 4. The highest BCUT2D eigenvalue weighted by molar-refractivity contribution is 6.37. The van der Waals surface area contributed by atoms with Gasteiger partial charge in [0.2, 0.25) is 17.7 Å². The molecule has 4 rings (SSSR count). The number of nitrogens with zero attached hydrogens (tertiary/aromatic N) is 2. The number of hydrogen-bond donors (Lipinski definition) is 5. The summed E-state index contributed by atoms with van der Waals surface area (Å²) < 4.78 is 0.705. The number of nitrogens with one attached hydrogen (secondary N) is 2. The lowest BCUT2D eigenvalue weighted by molar-refractivity contribution is -0.122. The summed E-state index contributed by atoms with van der Waals surface area (Å²) in [4.78, 5) is 89.3. The number of aromatic nitrogens is 2. The predicted molar refractivity (Wildman–Crippen MR) is 150 cm³/mol. The molecule has 2 aromatic carbocycles. The second kappa shape index (κ2) is 11.4. The molecular weight excluding hydrogens is 548 g/mol. The average Bonchev–Trinajstić information content (AvgIpc) is 2.92. The molecule has 1 aliphatic rings. The van der Waals surface area contributed by atoms with Gasteiger partial charge in [-0.05, 0) is 55.5 Å². The van der Waals surface area contributed by atoms with Crippen molar-refractivity contribution in [2.24, 2.45) is 11.5 Å². The minimum Gasteiger partial charge on any atom is -0.494 e. The summed E-state index contributed by atoms with van der Waals surface area (Å²) in [6.45, 7) is 1.55. The highest BCUT2D eigenvalue weighted by Gasteiger charge is 2.36. The van der Waals surface area contributed by atoms with E-state index in [1.54, 1.807) is 6.92 Å². The SMILES string of the molecule is CC(C=Cc1c(O)[nH]c(=O)n(-c2cccc(C(N)=O)c2)c1=O)=CC=C1C(=O)NC(=O)N(c2cccc(C(N)=O)c2)C1=O. The van der Waals surface area contributed by atoms with E-state index in [-0.39, 0.29) is 28.1 Å². The normalized spacial score (nSPS) is 14.9. The number of rotatable bonds is 7. The van der Waals surface area contributed by atoms with Crippen LogP contribution in [0.1, 0.15) is 33.2 Å². The topological polar surface area (TPSA) is 228 Å². The summed E-state index contributed by atoms with van der Waals surface area (Å²) in [6, 6.07) is 9.87. The number of carbonyl (C=O) groups is 5. The molecule has 0 spiro atoms. The second-order valence-electron chi connectivity index (χ2n) is 8.89. The standard InChI is InChI=1S/C28H22N6O8/c1-14(8-10-19-23(37)31-27(41)33(25(19)39)17-6-2-4-15(12-17)21(29)35)9-11-20-24(38)32-28(42)34(26(20)40)18-7-3-5-16(13-18)22(30)36/h2-13,37H,1H3,(H2,29,35)(H2,30,36)(H,31,41)(H,32,38,42). The van der Waals surface area contributed by atoms with Crippen LogP contribution in [0.5, 0.6) is 5.88 Å². The minimum absolute atomic E-state index is 0.0130. The van der Waals surface area contributed by atoms with Crippen LogP contribution in [0.4, 0.5) is 10.5 Å². The number of carbonyl (C=O) groups excluding carboxylic acids is 5. The molecule has 1 fully saturated rings. The van der Waals surface area contributed by atoms with Gasteiger partial charge in [-0.15, -0.1) is 0 Å². The number of urea groups is 1. The number of benzene rings is 2. The number of H-pyrrole nitrogens is 1. The van der Waals surface area contributed by atoms with Crippen molar-refractivity contribution in [2.75, 3.05) is 4.90 Å². The highest BCUT2D eigenvalue weighted by atomic mass is 16.3. The maximum atomic E-state index is 13.1. The van der Waals surface area contributed by atoms with Crippen LogP contribution in [0, 0.1) is 0 Å². The molecule has 0 aliphatic carbocycles. The average molecular weight is 571 g/mol. The van der Waals surface area contributed by atoms with E-state index < -0.39 is 52.4 Å². The van der Waals surface area contributed by atoms with Crippen molar-refractivity contribution in [2.45, 2.75) is 6.92 Å². The van der Waals surface area contributed by atoms with Gasteiger partial charge in [0, 0.05) is 11.1 Å². The van der Waals surface area contributed by atoms with Gasteiger partial charge in [-0.1, -0.05) is 29.9 Å². The van der Waals surface area contributed by atoms with Crippen molar-refractivity contribution in [3.8, 4) is 11.6 Å². The summed E-state index contributed by atoms with van der Waals surface area (Å²) in [5.74, 6) is -4.19. The number of barbiturate groups is 1. The van der Waals surface area contributed by atoms with Crippen LogP contribution in [-0.2, 0) is 9.59 Å². The number of amides is 6. The fourth-order valence-electron chi connectivity index (χ4n) is 3.92. The van der Waals surface area contributed by atoms with Crippen molar-refractivity contribution in [3.05, 3.63) is 115 Å². The quantitative estimate of drug-likeness (QED) is 0.153. The number of nitrogens with two attached hydrogens (primary N) is 2. The van der Waals surface area contributed by atoms with Gasteiger partial charge in [0.15, 0.2) is 0 Å². The van der Waals surface area contributed by atoms with Gasteiger partial charge in [0.05, 0.1) is 11.4 Å². The predicted octanol–water partition coefficient (Wildman–Crippen LogP) is 0.598. The van der Waals surface area contributed by atoms with E-state index in [9.17, 15) is 38.7 Å². The molecule has 14 heteroatoms. The molecule has 1 aromatic heterocycles. The highest BCUT2D eigenvalue weighted by Crippen LogP contribution is 2.22. The molecule has 0 radical (unpaired) electrons. The summed E-state index contributed by atoms with van der Waals surface area (Å²) >= 11 is 0. The Morgan fingerprint density at radius 2 is 1.50 bits per heavy atom. The number of aromatic hydroxyl groups is 1. The van der Waals surface area contributed by atoms with Crippen molar-refractivity contribution >= 4 is 41.4 Å². The van der Waals surface area contributed by atoms with Crippen LogP contribution >= 0.6 is 0 Å². The Labute approximate surface area is 235 Å². The molecule has 0 saturated carbocycles. The molecule has 2 heterocycles. The van der Waals surface area contributed by atoms with E-state index in [4.69, 9.17) is 11.5 Å². The van der Waals surface area contributed by atoms with Crippen LogP contribution in [0.3, 0.4) is 0 Å². The number of imide groups is 2. The van der Waals surface area contributed by atoms with Gasteiger partial charge < -0.3 is 16.6 Å². The Balaban J connectivity index is 1.66. The summed E-state index contributed by atoms with van der Waals surface area (Å²) in [5, 5.41) is 12.3. The monoisotopic (exact) mass is 570 g/mol. The van der Waals surface area contributed by atoms with Gasteiger partial charge in [0.25, 0.3) is 17.4 Å². The van der Waals surface area contributed by atoms with Gasteiger partial charge in [-0.2, -0.15) is 0 Å². The molecule has 6 amide bonds. The van der Waals surface area contributed by atoms with Crippen LogP contribution in [0.25, 0.3) is 11.8 Å². The van der Waals surface area contributed by atoms with E-state index in [0.29, 0.717) is 15.0 Å². The Morgan fingerprint density at radius 3 is 2.12 bits per heavy atom. The van der Waals surface area contributed by atoms with Gasteiger partial charge >= 0.3 is 11.7 Å².